The molecule has 2 saturated heterocycles. The Labute approximate surface area is 127 Å². The smallest absolute Gasteiger partial charge is 0.230 e. The lowest BCUT2D eigenvalue weighted by atomic mass is 9.67. The van der Waals surface area contributed by atoms with E-state index in [9.17, 15) is 4.79 Å². The Morgan fingerprint density at radius 2 is 1.81 bits per heavy atom. The summed E-state index contributed by atoms with van der Waals surface area (Å²) in [7, 11) is 0. The van der Waals surface area contributed by atoms with Gasteiger partial charge in [-0.25, -0.2) is 0 Å². The number of hydrogen-bond donors (Lipinski definition) is 1. The third kappa shape index (κ3) is 3.25. The van der Waals surface area contributed by atoms with Gasteiger partial charge in [0.25, 0.3) is 0 Å². The molecule has 0 spiro atoms. The third-order valence-electron chi connectivity index (χ3n) is 5.68. The molecule has 5 heteroatoms. The topological polar surface area (TPSA) is 58.8 Å². The summed E-state index contributed by atoms with van der Waals surface area (Å²) in [6.07, 6.45) is 5.44. The highest BCUT2D eigenvalue weighted by Crippen LogP contribution is 2.42. The molecular formula is C16H29N3O2. The second-order valence-electron chi connectivity index (χ2n) is 6.99. The molecule has 5 nitrogen and oxygen atoms in total. The lowest BCUT2D eigenvalue weighted by molar-refractivity contribution is -0.148. The van der Waals surface area contributed by atoms with Crippen molar-refractivity contribution in [1.29, 1.82) is 0 Å². The first kappa shape index (κ1) is 15.3. The highest BCUT2D eigenvalue weighted by molar-refractivity contribution is 5.84. The summed E-state index contributed by atoms with van der Waals surface area (Å²) in [5.74, 6) is 1.07. The SMILES string of the molecule is NCC1(C(=O)N2CCC(CN3CCOCC3)CC2)CCC1. The fourth-order valence-corrected chi connectivity index (χ4v) is 3.91. The monoisotopic (exact) mass is 295 g/mol. The lowest BCUT2D eigenvalue weighted by Gasteiger charge is -2.45. The van der Waals surface area contributed by atoms with E-state index in [2.05, 4.69) is 9.80 Å². The zero-order chi connectivity index (χ0) is 14.7. The van der Waals surface area contributed by atoms with Crippen molar-refractivity contribution in [3.05, 3.63) is 0 Å². The molecule has 0 radical (unpaired) electrons. The molecule has 2 aliphatic heterocycles. The molecule has 0 bridgehead atoms. The number of carbonyl (C=O) groups is 1. The van der Waals surface area contributed by atoms with Gasteiger partial charge >= 0.3 is 0 Å². The minimum atomic E-state index is -0.197. The van der Waals surface area contributed by atoms with Crippen LogP contribution in [0.1, 0.15) is 32.1 Å². The molecule has 2 N–H and O–H groups in total. The van der Waals surface area contributed by atoms with Gasteiger partial charge < -0.3 is 15.4 Å². The first-order chi connectivity index (χ1) is 10.2. The maximum Gasteiger partial charge on any atom is 0.230 e. The van der Waals surface area contributed by atoms with E-state index in [4.69, 9.17) is 10.5 Å². The molecule has 3 rings (SSSR count). The van der Waals surface area contributed by atoms with Crippen LogP contribution in [0, 0.1) is 11.3 Å². The van der Waals surface area contributed by atoms with Gasteiger partial charge in [0.05, 0.1) is 18.6 Å². The molecule has 21 heavy (non-hydrogen) atoms. The second kappa shape index (κ2) is 6.63. The van der Waals surface area contributed by atoms with Gasteiger partial charge in [0, 0.05) is 39.3 Å². The fraction of sp³-hybridized carbons (Fsp3) is 0.938. The highest BCUT2D eigenvalue weighted by atomic mass is 16.5. The Morgan fingerprint density at radius 1 is 1.14 bits per heavy atom. The van der Waals surface area contributed by atoms with E-state index in [1.165, 1.54) is 6.54 Å². The van der Waals surface area contributed by atoms with Crippen molar-refractivity contribution >= 4 is 5.91 Å². The van der Waals surface area contributed by atoms with E-state index in [1.54, 1.807) is 0 Å². The van der Waals surface area contributed by atoms with Crippen LogP contribution in [0.3, 0.4) is 0 Å². The van der Waals surface area contributed by atoms with Gasteiger partial charge in [-0.1, -0.05) is 6.42 Å². The van der Waals surface area contributed by atoms with E-state index in [0.717, 1.165) is 77.4 Å². The van der Waals surface area contributed by atoms with Crippen LogP contribution >= 0.6 is 0 Å². The molecule has 0 atom stereocenters. The van der Waals surface area contributed by atoms with Crippen LogP contribution in [0.5, 0.6) is 0 Å². The van der Waals surface area contributed by atoms with Crippen molar-refractivity contribution in [2.45, 2.75) is 32.1 Å². The molecule has 0 aromatic rings. The fourth-order valence-electron chi connectivity index (χ4n) is 3.91. The van der Waals surface area contributed by atoms with Gasteiger partial charge in [-0.3, -0.25) is 9.69 Å². The normalized spacial score (nSPS) is 27.4. The molecule has 3 fully saturated rings. The van der Waals surface area contributed by atoms with Gasteiger partial charge in [-0.2, -0.15) is 0 Å². The number of nitrogens with two attached hydrogens (primary N) is 1. The number of piperidine rings is 1. The predicted molar refractivity (Wildman–Crippen MR) is 81.9 cm³/mol. The largest absolute Gasteiger partial charge is 0.379 e. The van der Waals surface area contributed by atoms with Gasteiger partial charge in [-0.05, 0) is 31.6 Å². The Bertz CT molecular complexity index is 351. The van der Waals surface area contributed by atoms with E-state index in [0.29, 0.717) is 12.5 Å². The number of hydrogen-bond acceptors (Lipinski definition) is 4. The molecule has 1 aliphatic carbocycles. The second-order valence-corrected chi connectivity index (χ2v) is 6.99. The van der Waals surface area contributed by atoms with Crippen molar-refractivity contribution in [1.82, 2.24) is 9.80 Å². The number of morpholine rings is 1. The Morgan fingerprint density at radius 3 is 2.33 bits per heavy atom. The summed E-state index contributed by atoms with van der Waals surface area (Å²) in [6.45, 7) is 7.43. The maximum absolute atomic E-state index is 12.6. The first-order valence-electron chi connectivity index (χ1n) is 8.53. The van der Waals surface area contributed by atoms with Gasteiger partial charge in [-0.15, -0.1) is 0 Å². The van der Waals surface area contributed by atoms with Crippen molar-refractivity contribution in [2.24, 2.45) is 17.1 Å². The van der Waals surface area contributed by atoms with E-state index >= 15 is 0 Å². The van der Waals surface area contributed by atoms with Crippen molar-refractivity contribution in [3.63, 3.8) is 0 Å². The van der Waals surface area contributed by atoms with Crippen LogP contribution in [0.2, 0.25) is 0 Å². The molecule has 2 heterocycles. The summed E-state index contributed by atoms with van der Waals surface area (Å²) in [5.41, 5.74) is 5.66. The zero-order valence-corrected chi connectivity index (χ0v) is 13.1. The predicted octanol–water partition coefficient (Wildman–Crippen LogP) is 0.686. The van der Waals surface area contributed by atoms with Crippen LogP contribution in [0.4, 0.5) is 0 Å². The zero-order valence-electron chi connectivity index (χ0n) is 13.1. The molecule has 3 aliphatic rings. The van der Waals surface area contributed by atoms with E-state index < -0.39 is 0 Å². The molecule has 1 amide bonds. The van der Waals surface area contributed by atoms with Crippen LogP contribution in [-0.2, 0) is 9.53 Å². The molecule has 0 aromatic carbocycles. The van der Waals surface area contributed by atoms with Gasteiger partial charge in [0.1, 0.15) is 0 Å². The quantitative estimate of drug-likeness (QED) is 0.829. The molecular weight excluding hydrogens is 266 g/mol. The number of rotatable bonds is 4. The Hall–Kier alpha value is -0.650. The number of likely N-dealkylation sites (tertiary alicyclic amines) is 1. The summed E-state index contributed by atoms with van der Waals surface area (Å²) in [6, 6.07) is 0. The number of amides is 1. The molecule has 0 unspecified atom stereocenters. The van der Waals surface area contributed by atoms with Crippen LogP contribution < -0.4 is 5.73 Å². The summed E-state index contributed by atoms with van der Waals surface area (Å²) < 4.78 is 5.40. The third-order valence-corrected chi connectivity index (χ3v) is 5.68. The standard InChI is InChI=1S/C16H29N3O2/c17-13-16(4-1-5-16)15(20)19-6-2-14(3-7-19)12-18-8-10-21-11-9-18/h14H,1-13,17H2. The number of carbonyl (C=O) groups excluding carboxylic acids is 1. The number of ether oxygens (including phenoxy) is 1. The van der Waals surface area contributed by atoms with Crippen LogP contribution in [0.15, 0.2) is 0 Å². The maximum atomic E-state index is 12.6. The Balaban J connectivity index is 1.45. The van der Waals surface area contributed by atoms with Crippen molar-refractivity contribution in [3.8, 4) is 0 Å². The highest BCUT2D eigenvalue weighted by Gasteiger charge is 2.45. The van der Waals surface area contributed by atoms with Crippen molar-refractivity contribution in [2.75, 3.05) is 52.5 Å². The summed E-state index contributed by atoms with van der Waals surface area (Å²) >= 11 is 0. The van der Waals surface area contributed by atoms with E-state index in [1.807, 2.05) is 0 Å². The summed E-state index contributed by atoms with van der Waals surface area (Å²) in [4.78, 5) is 17.2. The summed E-state index contributed by atoms with van der Waals surface area (Å²) in [5, 5.41) is 0. The minimum absolute atomic E-state index is 0.197. The average molecular weight is 295 g/mol. The number of nitrogens with zero attached hydrogens (tertiary/aromatic N) is 2. The lowest BCUT2D eigenvalue weighted by Crippen LogP contribution is -2.54. The van der Waals surface area contributed by atoms with Gasteiger partial charge in [0.15, 0.2) is 0 Å². The minimum Gasteiger partial charge on any atom is -0.379 e. The molecule has 1 saturated carbocycles. The Kier molecular flexibility index (Phi) is 4.82. The van der Waals surface area contributed by atoms with Crippen molar-refractivity contribution < 1.29 is 9.53 Å². The van der Waals surface area contributed by atoms with Crippen LogP contribution in [-0.4, -0.2) is 68.2 Å². The molecule has 120 valence electrons. The molecule has 0 aromatic heterocycles. The average Bonchev–Trinajstić information content (AvgIpc) is 2.48. The first-order valence-corrected chi connectivity index (χ1v) is 8.53. The van der Waals surface area contributed by atoms with E-state index in [-0.39, 0.29) is 5.41 Å². The van der Waals surface area contributed by atoms with Gasteiger partial charge in [0.2, 0.25) is 5.91 Å². The van der Waals surface area contributed by atoms with Crippen LogP contribution in [0.25, 0.3) is 0 Å².